The van der Waals surface area contributed by atoms with Gasteiger partial charge >= 0.3 is 0 Å². The molecule has 0 radical (unpaired) electrons. The van der Waals surface area contributed by atoms with E-state index in [9.17, 15) is 13.6 Å². The topological polar surface area (TPSA) is 41.6 Å². The summed E-state index contributed by atoms with van der Waals surface area (Å²) in [7, 11) is 2.61. The van der Waals surface area contributed by atoms with Gasteiger partial charge in [0.15, 0.2) is 0 Å². The third kappa shape index (κ3) is 3.25. The molecule has 1 rings (SSSR count). The quantitative estimate of drug-likeness (QED) is 0.726. The number of rotatable bonds is 2. The number of piperidine rings is 1. The van der Waals surface area contributed by atoms with Crippen molar-refractivity contribution in [1.29, 1.82) is 0 Å². The lowest BCUT2D eigenvalue weighted by Gasteiger charge is -2.32. The van der Waals surface area contributed by atoms with Crippen LogP contribution in [0.5, 0.6) is 0 Å². The van der Waals surface area contributed by atoms with E-state index in [1.165, 1.54) is 14.2 Å². The molecule has 1 unspecified atom stereocenters. The van der Waals surface area contributed by atoms with Crippen LogP contribution >= 0.6 is 12.4 Å². The normalized spacial score (nSPS) is 24.1. The fourth-order valence-electron chi connectivity index (χ4n) is 1.45. The van der Waals surface area contributed by atoms with Crippen LogP contribution in [0.15, 0.2) is 0 Å². The highest BCUT2D eigenvalue weighted by molar-refractivity contribution is 5.85. The Bertz CT molecular complexity index is 229. The lowest BCUT2D eigenvalue weighted by Crippen LogP contribution is -2.52. The number of nitrogens with zero attached hydrogens (tertiary/aromatic N) is 1. The molecule has 0 aromatic heterocycles. The summed E-state index contributed by atoms with van der Waals surface area (Å²) in [6, 6.07) is 0. The van der Waals surface area contributed by atoms with Crippen LogP contribution in [0.25, 0.3) is 0 Å². The Morgan fingerprint density at radius 1 is 1.60 bits per heavy atom. The van der Waals surface area contributed by atoms with Crippen molar-refractivity contribution in [3.05, 3.63) is 0 Å². The molecule has 1 fully saturated rings. The van der Waals surface area contributed by atoms with Crippen molar-refractivity contribution in [2.75, 3.05) is 27.2 Å². The van der Waals surface area contributed by atoms with Gasteiger partial charge in [-0.2, -0.15) is 0 Å². The Hall–Kier alpha value is -0.460. The zero-order valence-electron chi connectivity index (χ0n) is 8.63. The highest BCUT2D eigenvalue weighted by Crippen LogP contribution is 2.30. The van der Waals surface area contributed by atoms with Gasteiger partial charge in [0, 0.05) is 7.05 Å². The van der Waals surface area contributed by atoms with Gasteiger partial charge in [0.05, 0.1) is 13.7 Å². The fourth-order valence-corrected chi connectivity index (χ4v) is 1.45. The first kappa shape index (κ1) is 14.5. The first-order valence-corrected chi connectivity index (χ1v) is 4.39. The Labute approximate surface area is 93.3 Å². The Balaban J connectivity index is 0.00000196. The highest BCUT2D eigenvalue weighted by Gasteiger charge is 2.47. The predicted molar refractivity (Wildman–Crippen MR) is 53.0 cm³/mol. The summed E-state index contributed by atoms with van der Waals surface area (Å²) in [6.45, 7) is -0.00941. The molecule has 0 aromatic rings. The number of carbonyl (C=O) groups excluding carboxylic acids is 1. The molecule has 1 aliphatic heterocycles. The van der Waals surface area contributed by atoms with Gasteiger partial charge in [-0.25, -0.2) is 13.8 Å². The molecule has 1 amide bonds. The number of amides is 1. The lowest BCUT2D eigenvalue weighted by atomic mass is 9.93. The van der Waals surface area contributed by atoms with Gasteiger partial charge in [-0.05, 0) is 13.0 Å². The van der Waals surface area contributed by atoms with Crippen molar-refractivity contribution in [3.8, 4) is 0 Å². The predicted octanol–water partition coefficient (Wildman–Crippen LogP) is 0.673. The number of hydrogen-bond acceptors (Lipinski definition) is 3. The molecule has 0 spiro atoms. The van der Waals surface area contributed by atoms with E-state index in [1.54, 1.807) is 0 Å². The molecule has 90 valence electrons. The number of alkyl halides is 2. The molecule has 1 saturated heterocycles. The molecule has 0 saturated carbocycles. The Kier molecular flexibility index (Phi) is 5.41. The lowest BCUT2D eigenvalue weighted by molar-refractivity contribution is -0.188. The Morgan fingerprint density at radius 3 is 2.67 bits per heavy atom. The monoisotopic (exact) mass is 244 g/mol. The van der Waals surface area contributed by atoms with E-state index in [0.717, 1.165) is 5.06 Å². The van der Waals surface area contributed by atoms with Gasteiger partial charge < -0.3 is 5.32 Å². The highest BCUT2D eigenvalue weighted by atomic mass is 35.5. The molecule has 0 aromatic carbocycles. The van der Waals surface area contributed by atoms with Gasteiger partial charge in [-0.1, -0.05) is 0 Å². The number of hydroxylamine groups is 2. The average Bonchev–Trinajstić information content (AvgIpc) is 2.15. The van der Waals surface area contributed by atoms with E-state index in [2.05, 4.69) is 10.2 Å². The molecule has 15 heavy (non-hydrogen) atoms. The van der Waals surface area contributed by atoms with Crippen molar-refractivity contribution in [2.24, 2.45) is 5.92 Å². The number of nitrogens with one attached hydrogen (secondary N) is 1. The van der Waals surface area contributed by atoms with Crippen LogP contribution in [0.4, 0.5) is 8.78 Å². The van der Waals surface area contributed by atoms with Gasteiger partial charge in [-0.3, -0.25) is 9.63 Å². The smallest absolute Gasteiger partial charge is 0.271 e. The maximum atomic E-state index is 13.3. The van der Waals surface area contributed by atoms with Gasteiger partial charge in [0.25, 0.3) is 11.8 Å². The van der Waals surface area contributed by atoms with Crippen molar-refractivity contribution in [3.63, 3.8) is 0 Å². The first-order valence-electron chi connectivity index (χ1n) is 4.39. The van der Waals surface area contributed by atoms with Crippen LogP contribution in [0, 0.1) is 5.92 Å². The molecule has 1 aliphatic rings. The van der Waals surface area contributed by atoms with E-state index < -0.39 is 24.3 Å². The van der Waals surface area contributed by atoms with Crippen LogP contribution in [0.3, 0.4) is 0 Å². The zero-order chi connectivity index (χ0) is 10.8. The summed E-state index contributed by atoms with van der Waals surface area (Å²) in [5.41, 5.74) is 0. The molecule has 0 bridgehead atoms. The van der Waals surface area contributed by atoms with E-state index in [1.807, 2.05) is 0 Å². The maximum Gasteiger partial charge on any atom is 0.271 e. The van der Waals surface area contributed by atoms with E-state index in [4.69, 9.17) is 0 Å². The largest absolute Gasteiger partial charge is 0.311 e. The van der Waals surface area contributed by atoms with Crippen LogP contribution in [-0.4, -0.2) is 44.1 Å². The number of carbonyl (C=O) groups is 1. The van der Waals surface area contributed by atoms with Crippen molar-refractivity contribution < 1.29 is 18.4 Å². The molecule has 1 atom stereocenters. The SMILES string of the molecule is CON(C)C(=O)C1CCNCC1(F)F.Cl. The summed E-state index contributed by atoms with van der Waals surface area (Å²) >= 11 is 0. The van der Waals surface area contributed by atoms with Gasteiger partial charge in [0.2, 0.25) is 0 Å². The minimum atomic E-state index is -2.98. The molecule has 0 aliphatic carbocycles. The molecule has 7 heteroatoms. The summed E-state index contributed by atoms with van der Waals surface area (Å²) in [5.74, 6) is -4.92. The third-order valence-electron chi connectivity index (χ3n) is 2.36. The molecular weight excluding hydrogens is 230 g/mol. The van der Waals surface area contributed by atoms with Crippen LogP contribution in [0.1, 0.15) is 6.42 Å². The van der Waals surface area contributed by atoms with E-state index >= 15 is 0 Å². The standard InChI is InChI=1S/C8H14F2N2O2.ClH/c1-12(14-2)7(13)6-3-4-11-5-8(6,9)10;/h6,11H,3-5H2,1-2H3;1H. The van der Waals surface area contributed by atoms with Crippen LogP contribution in [0.2, 0.25) is 0 Å². The molecule has 1 N–H and O–H groups in total. The second-order valence-corrected chi connectivity index (χ2v) is 3.30. The molecular formula is C8H15ClF2N2O2. The van der Waals surface area contributed by atoms with Crippen LogP contribution < -0.4 is 5.32 Å². The van der Waals surface area contributed by atoms with Crippen LogP contribution in [-0.2, 0) is 9.63 Å². The van der Waals surface area contributed by atoms with E-state index in [-0.39, 0.29) is 18.8 Å². The zero-order valence-corrected chi connectivity index (χ0v) is 9.44. The van der Waals surface area contributed by atoms with Crippen molar-refractivity contribution in [1.82, 2.24) is 10.4 Å². The first-order chi connectivity index (χ1) is 6.49. The fraction of sp³-hybridized carbons (Fsp3) is 0.875. The second kappa shape index (κ2) is 5.58. The Morgan fingerprint density at radius 2 is 2.20 bits per heavy atom. The molecule has 1 heterocycles. The van der Waals surface area contributed by atoms with E-state index in [0.29, 0.717) is 6.54 Å². The average molecular weight is 245 g/mol. The van der Waals surface area contributed by atoms with Crippen molar-refractivity contribution in [2.45, 2.75) is 12.3 Å². The number of halogens is 3. The maximum absolute atomic E-state index is 13.3. The summed E-state index contributed by atoms with van der Waals surface area (Å²) in [5, 5.41) is 3.41. The third-order valence-corrected chi connectivity index (χ3v) is 2.36. The second-order valence-electron chi connectivity index (χ2n) is 3.30. The summed E-state index contributed by atoms with van der Waals surface area (Å²) < 4.78 is 26.5. The van der Waals surface area contributed by atoms with Crippen molar-refractivity contribution >= 4 is 18.3 Å². The minimum Gasteiger partial charge on any atom is -0.311 e. The minimum absolute atomic E-state index is 0. The number of hydrogen-bond donors (Lipinski definition) is 1. The van der Waals surface area contributed by atoms with Gasteiger partial charge in [0.1, 0.15) is 5.92 Å². The van der Waals surface area contributed by atoms with Gasteiger partial charge in [-0.15, -0.1) is 12.4 Å². The summed E-state index contributed by atoms with van der Waals surface area (Å²) in [4.78, 5) is 16.0. The molecule has 4 nitrogen and oxygen atoms in total. The summed E-state index contributed by atoms with van der Waals surface area (Å²) in [6.07, 6.45) is 0.138.